The number of nitrogens with zero attached hydrogens (tertiary/aromatic N) is 3. The second kappa shape index (κ2) is 5.24. The number of nitrogens with one attached hydrogen (secondary N) is 2. The highest BCUT2D eigenvalue weighted by molar-refractivity contribution is 5.83. The van der Waals surface area contributed by atoms with Gasteiger partial charge in [-0.15, -0.1) is 0 Å². The second-order valence-electron chi connectivity index (χ2n) is 5.60. The van der Waals surface area contributed by atoms with Gasteiger partial charge >= 0.3 is 0 Å². The predicted molar refractivity (Wildman–Crippen MR) is 77.2 cm³/mol. The number of nitrogens with two attached hydrogens (primary N) is 1. The lowest BCUT2D eigenvalue weighted by Gasteiger charge is -2.35. The van der Waals surface area contributed by atoms with Crippen LogP contribution in [-0.2, 0) is 0 Å². The monoisotopic (exact) mass is 276 g/mol. The first-order valence-corrected chi connectivity index (χ1v) is 7.04. The lowest BCUT2D eigenvalue weighted by Crippen LogP contribution is -2.35. The number of hydrogen-bond acceptors (Lipinski definition) is 6. The molecule has 5 N–H and O–H groups in total. The number of aliphatic hydroxyl groups excluding tert-OH is 1. The Labute approximate surface area is 117 Å². The van der Waals surface area contributed by atoms with E-state index in [1.54, 1.807) is 6.33 Å². The van der Waals surface area contributed by atoms with Crippen molar-refractivity contribution in [1.29, 1.82) is 0 Å². The van der Waals surface area contributed by atoms with Crippen LogP contribution in [0.15, 0.2) is 6.33 Å². The molecule has 0 aliphatic heterocycles. The van der Waals surface area contributed by atoms with Crippen molar-refractivity contribution in [2.45, 2.75) is 32.1 Å². The summed E-state index contributed by atoms with van der Waals surface area (Å²) in [5.74, 6) is 0.859. The van der Waals surface area contributed by atoms with Crippen molar-refractivity contribution in [1.82, 2.24) is 19.9 Å². The number of hydrogen-bond donors (Lipinski definition) is 4. The lowest BCUT2D eigenvalue weighted by molar-refractivity contribution is 0.0943. The summed E-state index contributed by atoms with van der Waals surface area (Å²) in [6, 6.07) is 0. The van der Waals surface area contributed by atoms with E-state index in [9.17, 15) is 5.11 Å². The van der Waals surface area contributed by atoms with Gasteiger partial charge in [-0.05, 0) is 12.8 Å². The van der Waals surface area contributed by atoms with Gasteiger partial charge in [-0.2, -0.15) is 9.97 Å². The zero-order valence-corrected chi connectivity index (χ0v) is 11.4. The summed E-state index contributed by atoms with van der Waals surface area (Å²) < 4.78 is 0. The third-order valence-electron chi connectivity index (χ3n) is 4.18. The van der Waals surface area contributed by atoms with Gasteiger partial charge in [0, 0.05) is 12.0 Å². The van der Waals surface area contributed by atoms with Crippen LogP contribution in [0.2, 0.25) is 0 Å². The molecule has 2 heterocycles. The quantitative estimate of drug-likeness (QED) is 0.669. The fourth-order valence-electron chi connectivity index (χ4n) is 2.94. The topological polar surface area (TPSA) is 113 Å². The summed E-state index contributed by atoms with van der Waals surface area (Å²) in [5, 5.41) is 13.0. The van der Waals surface area contributed by atoms with Gasteiger partial charge in [-0.25, -0.2) is 4.98 Å². The van der Waals surface area contributed by atoms with E-state index in [0.717, 1.165) is 18.4 Å². The van der Waals surface area contributed by atoms with E-state index < -0.39 is 0 Å². The minimum absolute atomic E-state index is 0.0513. The highest BCUT2D eigenvalue weighted by Gasteiger charge is 2.31. The molecular weight excluding hydrogens is 256 g/mol. The van der Waals surface area contributed by atoms with E-state index >= 15 is 0 Å². The molecule has 0 unspecified atom stereocenters. The van der Waals surface area contributed by atoms with Crippen molar-refractivity contribution in [2.75, 3.05) is 24.2 Å². The third-order valence-corrected chi connectivity index (χ3v) is 4.18. The average molecular weight is 276 g/mol. The van der Waals surface area contributed by atoms with Gasteiger partial charge in [0.1, 0.15) is 5.52 Å². The van der Waals surface area contributed by atoms with Gasteiger partial charge in [-0.1, -0.05) is 19.3 Å². The predicted octanol–water partition coefficient (Wildman–Crippen LogP) is 1.29. The summed E-state index contributed by atoms with van der Waals surface area (Å²) in [7, 11) is 0. The van der Waals surface area contributed by atoms with E-state index in [0.29, 0.717) is 18.0 Å². The first-order chi connectivity index (χ1) is 9.72. The van der Waals surface area contributed by atoms with Gasteiger partial charge in [0.2, 0.25) is 5.95 Å². The van der Waals surface area contributed by atoms with Crippen LogP contribution in [-0.4, -0.2) is 38.2 Å². The van der Waals surface area contributed by atoms with Gasteiger partial charge < -0.3 is 21.1 Å². The highest BCUT2D eigenvalue weighted by Crippen LogP contribution is 2.36. The maximum Gasteiger partial charge on any atom is 0.224 e. The molecule has 7 heteroatoms. The van der Waals surface area contributed by atoms with Crippen molar-refractivity contribution >= 4 is 22.9 Å². The number of aromatic amines is 1. The summed E-state index contributed by atoms with van der Waals surface area (Å²) in [6.45, 7) is 0.890. The van der Waals surface area contributed by atoms with Crippen molar-refractivity contribution in [3.05, 3.63) is 6.33 Å². The second-order valence-corrected chi connectivity index (χ2v) is 5.60. The SMILES string of the molecule is Nc1nc(NCC2(CO)CCCCC2)c2[nH]cnc2n1. The molecule has 0 bridgehead atoms. The smallest absolute Gasteiger partial charge is 0.224 e. The Balaban J connectivity index is 1.80. The van der Waals surface area contributed by atoms with Gasteiger partial charge in [-0.3, -0.25) is 0 Å². The summed E-state index contributed by atoms with van der Waals surface area (Å²) in [4.78, 5) is 15.4. The molecule has 3 rings (SSSR count). The number of aromatic nitrogens is 4. The van der Waals surface area contributed by atoms with E-state index in [2.05, 4.69) is 25.3 Å². The molecule has 0 atom stereocenters. The molecule has 0 spiro atoms. The zero-order chi connectivity index (χ0) is 14.0. The number of H-pyrrole nitrogens is 1. The van der Waals surface area contributed by atoms with Crippen LogP contribution in [0.1, 0.15) is 32.1 Å². The number of anilines is 2. The number of aliphatic hydroxyl groups is 1. The Hall–Kier alpha value is -1.89. The van der Waals surface area contributed by atoms with Crippen molar-refractivity contribution in [3.63, 3.8) is 0 Å². The first kappa shape index (κ1) is 13.1. The Morgan fingerprint density at radius 1 is 1.30 bits per heavy atom. The first-order valence-electron chi connectivity index (χ1n) is 7.04. The molecule has 7 nitrogen and oxygen atoms in total. The number of fused-ring (bicyclic) bond motifs is 1. The Kier molecular flexibility index (Phi) is 3.43. The average Bonchev–Trinajstić information content (AvgIpc) is 2.94. The molecule has 1 fully saturated rings. The number of imidazole rings is 1. The fourth-order valence-corrected chi connectivity index (χ4v) is 2.94. The van der Waals surface area contributed by atoms with Crippen LogP contribution in [0.4, 0.5) is 11.8 Å². The van der Waals surface area contributed by atoms with Crippen LogP contribution in [0.3, 0.4) is 0 Å². The molecule has 0 aromatic carbocycles. The van der Waals surface area contributed by atoms with Crippen molar-refractivity contribution in [2.24, 2.45) is 5.41 Å². The minimum Gasteiger partial charge on any atom is -0.396 e. The zero-order valence-electron chi connectivity index (χ0n) is 11.4. The third kappa shape index (κ3) is 2.40. The highest BCUT2D eigenvalue weighted by atomic mass is 16.3. The molecule has 1 aliphatic rings. The molecule has 2 aromatic heterocycles. The molecule has 0 radical (unpaired) electrons. The van der Waals surface area contributed by atoms with E-state index in [1.165, 1.54) is 19.3 Å². The van der Waals surface area contributed by atoms with Crippen LogP contribution in [0.25, 0.3) is 11.2 Å². The Morgan fingerprint density at radius 3 is 2.85 bits per heavy atom. The minimum atomic E-state index is -0.0513. The molecule has 108 valence electrons. The normalized spacial score (nSPS) is 18.2. The standard InChI is InChI=1S/C13H20N6O/c14-12-18-10(9-11(19-12)17-8-16-9)15-6-13(7-20)4-2-1-3-5-13/h8,20H,1-7H2,(H4,14,15,16,17,18,19). The Morgan fingerprint density at radius 2 is 2.10 bits per heavy atom. The van der Waals surface area contributed by atoms with Crippen molar-refractivity contribution < 1.29 is 5.11 Å². The molecule has 1 aliphatic carbocycles. The van der Waals surface area contributed by atoms with Crippen LogP contribution in [0.5, 0.6) is 0 Å². The maximum atomic E-state index is 9.73. The summed E-state index contributed by atoms with van der Waals surface area (Å²) in [6.07, 6.45) is 7.27. The van der Waals surface area contributed by atoms with Gasteiger partial charge in [0.05, 0.1) is 12.9 Å². The number of rotatable bonds is 4. The van der Waals surface area contributed by atoms with Gasteiger partial charge in [0.25, 0.3) is 0 Å². The van der Waals surface area contributed by atoms with E-state index in [1.807, 2.05) is 0 Å². The maximum absolute atomic E-state index is 9.73. The molecule has 1 saturated carbocycles. The lowest BCUT2D eigenvalue weighted by atomic mass is 9.74. The fraction of sp³-hybridized carbons (Fsp3) is 0.615. The van der Waals surface area contributed by atoms with Crippen LogP contribution >= 0.6 is 0 Å². The summed E-state index contributed by atoms with van der Waals surface area (Å²) >= 11 is 0. The van der Waals surface area contributed by atoms with E-state index in [-0.39, 0.29) is 18.0 Å². The van der Waals surface area contributed by atoms with Crippen molar-refractivity contribution in [3.8, 4) is 0 Å². The molecule has 0 amide bonds. The largest absolute Gasteiger partial charge is 0.396 e. The molecular formula is C13H20N6O. The van der Waals surface area contributed by atoms with Crippen LogP contribution in [0, 0.1) is 5.41 Å². The Bertz CT molecular complexity index is 590. The number of nitrogen functional groups attached to an aromatic ring is 1. The molecule has 20 heavy (non-hydrogen) atoms. The molecule has 0 saturated heterocycles. The van der Waals surface area contributed by atoms with Gasteiger partial charge in [0.15, 0.2) is 11.5 Å². The van der Waals surface area contributed by atoms with Crippen LogP contribution < -0.4 is 11.1 Å². The summed E-state index contributed by atoms with van der Waals surface area (Å²) in [5.41, 5.74) is 6.95. The van der Waals surface area contributed by atoms with E-state index in [4.69, 9.17) is 5.73 Å². The molecule has 2 aromatic rings.